The zero-order chi connectivity index (χ0) is 16.0. The van der Waals surface area contributed by atoms with Crippen molar-refractivity contribution in [3.05, 3.63) is 11.1 Å². The molecule has 4 nitrogen and oxygen atoms in total. The molecule has 21 heavy (non-hydrogen) atoms. The van der Waals surface area contributed by atoms with Gasteiger partial charge in [-0.05, 0) is 40.0 Å². The minimum Gasteiger partial charge on any atom is -0.481 e. The smallest absolute Gasteiger partial charge is 0.307 e. The molecule has 1 rings (SSSR count). The molecule has 0 fully saturated rings. The summed E-state index contributed by atoms with van der Waals surface area (Å²) in [4.78, 5) is 23.8. The average molecular weight is 295 g/mol. The number of nitrogens with one attached hydrogen (secondary N) is 1. The third-order valence-corrected chi connectivity index (χ3v) is 4.55. The topological polar surface area (TPSA) is 66.4 Å². The normalized spacial score (nSPS) is 23.8. The second-order valence-electron chi connectivity index (χ2n) is 6.43. The molecule has 2 N–H and O–H groups in total. The maximum atomic E-state index is 12.4. The van der Waals surface area contributed by atoms with Crippen molar-refractivity contribution in [1.82, 2.24) is 5.32 Å². The SMILES string of the molecule is CCCCCC(C)NC(=O)C1CC(C)=C(C)CC1C(=O)O. The van der Waals surface area contributed by atoms with Crippen LogP contribution in [0.15, 0.2) is 11.1 Å². The zero-order valence-corrected chi connectivity index (χ0v) is 13.7. The van der Waals surface area contributed by atoms with Gasteiger partial charge in [0, 0.05) is 6.04 Å². The van der Waals surface area contributed by atoms with Crippen molar-refractivity contribution >= 4 is 11.9 Å². The number of rotatable bonds is 7. The van der Waals surface area contributed by atoms with Crippen LogP contribution in [0, 0.1) is 11.8 Å². The van der Waals surface area contributed by atoms with Crippen LogP contribution in [-0.2, 0) is 9.59 Å². The Balaban J connectivity index is 2.64. The number of allylic oxidation sites excluding steroid dienone is 2. The van der Waals surface area contributed by atoms with Crippen molar-refractivity contribution < 1.29 is 14.7 Å². The molecule has 120 valence electrons. The molecule has 1 amide bonds. The zero-order valence-electron chi connectivity index (χ0n) is 13.7. The lowest BCUT2D eigenvalue weighted by Crippen LogP contribution is -2.43. The molecule has 0 bridgehead atoms. The standard InChI is InChI=1S/C17H29NO3/c1-5-6-7-8-13(4)18-16(19)14-9-11(2)12(3)10-15(14)17(20)21/h13-15H,5-10H2,1-4H3,(H,18,19)(H,20,21). The first kappa shape index (κ1) is 17.7. The van der Waals surface area contributed by atoms with Crippen molar-refractivity contribution in [3.8, 4) is 0 Å². The highest BCUT2D eigenvalue weighted by atomic mass is 16.4. The maximum absolute atomic E-state index is 12.4. The van der Waals surface area contributed by atoms with E-state index < -0.39 is 17.8 Å². The summed E-state index contributed by atoms with van der Waals surface area (Å²) >= 11 is 0. The molecule has 0 aromatic carbocycles. The highest BCUT2D eigenvalue weighted by molar-refractivity contribution is 5.85. The van der Waals surface area contributed by atoms with Crippen molar-refractivity contribution in [1.29, 1.82) is 0 Å². The molecule has 0 aliphatic heterocycles. The monoisotopic (exact) mass is 295 g/mol. The third kappa shape index (κ3) is 5.18. The van der Waals surface area contributed by atoms with Gasteiger partial charge in [-0.3, -0.25) is 9.59 Å². The Hall–Kier alpha value is -1.32. The van der Waals surface area contributed by atoms with E-state index in [9.17, 15) is 14.7 Å². The van der Waals surface area contributed by atoms with Crippen LogP contribution < -0.4 is 5.32 Å². The number of carboxylic acids is 1. The summed E-state index contributed by atoms with van der Waals surface area (Å²) in [5.74, 6) is -1.98. The van der Waals surface area contributed by atoms with Gasteiger partial charge < -0.3 is 10.4 Å². The van der Waals surface area contributed by atoms with Gasteiger partial charge in [-0.25, -0.2) is 0 Å². The summed E-state index contributed by atoms with van der Waals surface area (Å²) in [6.07, 6.45) is 5.44. The minimum atomic E-state index is -0.861. The van der Waals surface area contributed by atoms with Crippen LogP contribution in [0.25, 0.3) is 0 Å². The largest absolute Gasteiger partial charge is 0.481 e. The maximum Gasteiger partial charge on any atom is 0.307 e. The fourth-order valence-corrected chi connectivity index (χ4v) is 2.95. The number of amides is 1. The summed E-state index contributed by atoms with van der Waals surface area (Å²) in [6, 6.07) is 0.116. The summed E-state index contributed by atoms with van der Waals surface area (Å²) < 4.78 is 0. The lowest BCUT2D eigenvalue weighted by molar-refractivity contribution is -0.147. The Kier molecular flexibility index (Phi) is 6.93. The molecule has 3 atom stereocenters. The van der Waals surface area contributed by atoms with Crippen LogP contribution in [0.5, 0.6) is 0 Å². The van der Waals surface area contributed by atoms with Crippen LogP contribution in [-0.4, -0.2) is 23.0 Å². The van der Waals surface area contributed by atoms with Gasteiger partial charge in [0.25, 0.3) is 0 Å². The fraction of sp³-hybridized carbons (Fsp3) is 0.765. The number of carbonyl (C=O) groups excluding carboxylic acids is 1. The van der Waals surface area contributed by atoms with Crippen molar-refractivity contribution in [2.75, 3.05) is 0 Å². The van der Waals surface area contributed by atoms with Crippen LogP contribution in [0.2, 0.25) is 0 Å². The van der Waals surface area contributed by atoms with Crippen LogP contribution in [0.1, 0.15) is 66.2 Å². The fourth-order valence-electron chi connectivity index (χ4n) is 2.95. The van der Waals surface area contributed by atoms with E-state index in [4.69, 9.17) is 0 Å². The van der Waals surface area contributed by atoms with Crippen LogP contribution in [0.4, 0.5) is 0 Å². The number of carboxylic acid groups (broad SMARTS) is 1. The van der Waals surface area contributed by atoms with Gasteiger partial charge in [0.15, 0.2) is 0 Å². The molecular weight excluding hydrogens is 266 g/mol. The predicted octanol–water partition coefficient (Wildman–Crippen LogP) is 3.52. The minimum absolute atomic E-state index is 0.0988. The van der Waals surface area contributed by atoms with E-state index in [1.807, 2.05) is 20.8 Å². The Morgan fingerprint density at radius 3 is 2.29 bits per heavy atom. The first-order valence-corrected chi connectivity index (χ1v) is 8.05. The number of unbranched alkanes of at least 4 members (excludes halogenated alkanes) is 2. The molecule has 0 radical (unpaired) electrons. The predicted molar refractivity (Wildman–Crippen MR) is 84.0 cm³/mol. The van der Waals surface area contributed by atoms with E-state index in [0.29, 0.717) is 12.8 Å². The van der Waals surface area contributed by atoms with Gasteiger partial charge in [0.05, 0.1) is 11.8 Å². The second-order valence-corrected chi connectivity index (χ2v) is 6.43. The number of aliphatic carboxylic acids is 1. The van der Waals surface area contributed by atoms with E-state index in [1.165, 1.54) is 6.42 Å². The van der Waals surface area contributed by atoms with Crippen molar-refractivity contribution in [3.63, 3.8) is 0 Å². The van der Waals surface area contributed by atoms with Gasteiger partial charge in [-0.1, -0.05) is 37.3 Å². The molecule has 0 saturated heterocycles. The summed E-state index contributed by atoms with van der Waals surface area (Å²) in [5, 5.41) is 12.4. The molecule has 0 heterocycles. The Labute approximate surface area is 128 Å². The van der Waals surface area contributed by atoms with Gasteiger partial charge in [-0.2, -0.15) is 0 Å². The van der Waals surface area contributed by atoms with E-state index in [1.54, 1.807) is 0 Å². The second kappa shape index (κ2) is 8.20. The van der Waals surface area contributed by atoms with E-state index in [2.05, 4.69) is 12.2 Å². The molecule has 4 heteroatoms. The summed E-state index contributed by atoms with van der Waals surface area (Å²) in [6.45, 7) is 8.12. The highest BCUT2D eigenvalue weighted by Gasteiger charge is 2.37. The number of carbonyl (C=O) groups is 2. The van der Waals surface area contributed by atoms with Crippen LogP contribution >= 0.6 is 0 Å². The Bertz CT molecular complexity index is 414. The lowest BCUT2D eigenvalue weighted by Gasteiger charge is -2.30. The summed E-state index contributed by atoms with van der Waals surface area (Å²) in [7, 11) is 0. The highest BCUT2D eigenvalue weighted by Crippen LogP contribution is 2.34. The van der Waals surface area contributed by atoms with Crippen molar-refractivity contribution in [2.24, 2.45) is 11.8 Å². The summed E-state index contributed by atoms with van der Waals surface area (Å²) in [5.41, 5.74) is 2.27. The molecular formula is C17H29NO3. The first-order chi connectivity index (χ1) is 9.86. The average Bonchev–Trinajstić information content (AvgIpc) is 2.41. The van der Waals surface area contributed by atoms with Gasteiger partial charge in [0.2, 0.25) is 5.91 Å². The van der Waals surface area contributed by atoms with Gasteiger partial charge >= 0.3 is 5.97 Å². The Morgan fingerprint density at radius 1 is 1.19 bits per heavy atom. The van der Waals surface area contributed by atoms with Crippen molar-refractivity contribution in [2.45, 2.75) is 72.3 Å². The van der Waals surface area contributed by atoms with E-state index in [0.717, 1.165) is 30.4 Å². The number of hydrogen-bond donors (Lipinski definition) is 2. The lowest BCUT2D eigenvalue weighted by atomic mass is 9.76. The third-order valence-electron chi connectivity index (χ3n) is 4.55. The quantitative estimate of drug-likeness (QED) is 0.558. The van der Waals surface area contributed by atoms with Gasteiger partial charge in [0.1, 0.15) is 0 Å². The molecule has 1 aliphatic carbocycles. The number of hydrogen-bond acceptors (Lipinski definition) is 2. The molecule has 0 spiro atoms. The molecule has 1 aliphatic rings. The van der Waals surface area contributed by atoms with Crippen LogP contribution in [0.3, 0.4) is 0 Å². The Morgan fingerprint density at radius 2 is 1.76 bits per heavy atom. The molecule has 0 aromatic heterocycles. The molecule has 0 saturated carbocycles. The molecule has 3 unspecified atom stereocenters. The van der Waals surface area contributed by atoms with E-state index >= 15 is 0 Å². The first-order valence-electron chi connectivity index (χ1n) is 8.05. The van der Waals surface area contributed by atoms with E-state index in [-0.39, 0.29) is 11.9 Å². The van der Waals surface area contributed by atoms with Gasteiger partial charge in [-0.15, -0.1) is 0 Å². The molecule has 0 aromatic rings.